The SMILES string of the molecule is CC(C#N)CN(C)C(=O)C(C)Cl. The first kappa shape index (κ1) is 11.2. The van der Waals surface area contributed by atoms with Crippen LogP contribution in [-0.4, -0.2) is 29.8 Å². The molecular weight excluding hydrogens is 176 g/mol. The van der Waals surface area contributed by atoms with Crippen LogP contribution in [0.2, 0.25) is 0 Å². The Kier molecular flexibility index (Phi) is 4.68. The molecular formula is C8H13ClN2O. The second-order valence-corrected chi connectivity index (χ2v) is 3.52. The summed E-state index contributed by atoms with van der Waals surface area (Å²) in [7, 11) is 1.65. The summed E-state index contributed by atoms with van der Waals surface area (Å²) in [6, 6.07) is 2.05. The van der Waals surface area contributed by atoms with E-state index >= 15 is 0 Å². The maximum Gasteiger partial charge on any atom is 0.240 e. The Bertz CT molecular complexity index is 198. The summed E-state index contributed by atoms with van der Waals surface area (Å²) in [5.74, 6) is -0.284. The van der Waals surface area contributed by atoms with Gasteiger partial charge in [0.05, 0.1) is 12.0 Å². The standard InChI is InChI=1S/C8H13ClN2O/c1-6(4-10)5-11(3)8(12)7(2)9/h6-7H,5H2,1-3H3. The Hall–Kier alpha value is -0.750. The van der Waals surface area contributed by atoms with Crippen molar-refractivity contribution in [2.75, 3.05) is 13.6 Å². The van der Waals surface area contributed by atoms with E-state index in [1.807, 2.05) is 0 Å². The maximum atomic E-state index is 11.2. The van der Waals surface area contributed by atoms with Crippen LogP contribution >= 0.6 is 11.6 Å². The van der Waals surface area contributed by atoms with E-state index in [4.69, 9.17) is 16.9 Å². The Balaban J connectivity index is 3.97. The van der Waals surface area contributed by atoms with E-state index in [1.54, 1.807) is 20.9 Å². The number of alkyl halides is 1. The molecule has 0 aliphatic rings. The van der Waals surface area contributed by atoms with Crippen molar-refractivity contribution in [1.29, 1.82) is 5.26 Å². The third-order valence-electron chi connectivity index (χ3n) is 1.48. The second kappa shape index (κ2) is 5.00. The van der Waals surface area contributed by atoms with Crippen molar-refractivity contribution < 1.29 is 4.79 Å². The summed E-state index contributed by atoms with van der Waals surface area (Å²) in [4.78, 5) is 12.7. The molecule has 0 aromatic heterocycles. The van der Waals surface area contributed by atoms with Crippen LogP contribution in [0.3, 0.4) is 0 Å². The van der Waals surface area contributed by atoms with Gasteiger partial charge in [0.1, 0.15) is 5.38 Å². The third-order valence-corrected chi connectivity index (χ3v) is 1.67. The normalized spacial score (nSPS) is 14.6. The summed E-state index contributed by atoms with van der Waals surface area (Å²) in [5, 5.41) is 7.97. The summed E-state index contributed by atoms with van der Waals surface area (Å²) >= 11 is 5.58. The summed E-state index contributed by atoms with van der Waals surface area (Å²) in [5.41, 5.74) is 0. The van der Waals surface area contributed by atoms with Crippen LogP contribution in [0, 0.1) is 17.2 Å². The highest BCUT2D eigenvalue weighted by Crippen LogP contribution is 2.02. The van der Waals surface area contributed by atoms with Gasteiger partial charge >= 0.3 is 0 Å². The highest BCUT2D eigenvalue weighted by atomic mass is 35.5. The Morgan fingerprint density at radius 1 is 1.67 bits per heavy atom. The molecule has 0 aliphatic carbocycles. The van der Waals surface area contributed by atoms with Gasteiger partial charge in [0.25, 0.3) is 0 Å². The van der Waals surface area contributed by atoms with Crippen molar-refractivity contribution >= 4 is 17.5 Å². The molecule has 0 saturated carbocycles. The monoisotopic (exact) mass is 188 g/mol. The minimum absolute atomic E-state index is 0.140. The van der Waals surface area contributed by atoms with Crippen LogP contribution in [0.5, 0.6) is 0 Å². The van der Waals surface area contributed by atoms with Crippen molar-refractivity contribution in [2.24, 2.45) is 5.92 Å². The lowest BCUT2D eigenvalue weighted by molar-refractivity contribution is -0.129. The molecule has 0 aromatic rings. The average molecular weight is 189 g/mol. The predicted molar refractivity (Wildman–Crippen MR) is 47.7 cm³/mol. The third kappa shape index (κ3) is 3.59. The highest BCUT2D eigenvalue weighted by Gasteiger charge is 2.16. The predicted octanol–water partition coefficient (Wildman–Crippen LogP) is 1.23. The number of hydrogen-bond acceptors (Lipinski definition) is 2. The molecule has 0 saturated heterocycles. The molecule has 0 rings (SSSR count). The molecule has 3 nitrogen and oxygen atoms in total. The lowest BCUT2D eigenvalue weighted by Gasteiger charge is -2.19. The lowest BCUT2D eigenvalue weighted by Crippen LogP contribution is -2.35. The number of nitriles is 1. The zero-order valence-corrected chi connectivity index (χ0v) is 8.30. The molecule has 0 spiro atoms. The molecule has 2 atom stereocenters. The Morgan fingerprint density at radius 3 is 2.50 bits per heavy atom. The quantitative estimate of drug-likeness (QED) is 0.626. The molecule has 1 amide bonds. The minimum Gasteiger partial charge on any atom is -0.343 e. The highest BCUT2D eigenvalue weighted by molar-refractivity contribution is 6.30. The maximum absolute atomic E-state index is 11.2. The number of nitrogens with zero attached hydrogens (tertiary/aromatic N) is 2. The number of carbonyl (C=O) groups is 1. The number of carbonyl (C=O) groups excluding carboxylic acids is 1. The van der Waals surface area contributed by atoms with Gasteiger partial charge in [0.15, 0.2) is 0 Å². The van der Waals surface area contributed by atoms with E-state index < -0.39 is 5.38 Å². The first-order chi connectivity index (χ1) is 5.49. The molecule has 68 valence electrons. The number of halogens is 1. The zero-order valence-electron chi connectivity index (χ0n) is 7.54. The van der Waals surface area contributed by atoms with Crippen molar-refractivity contribution in [3.05, 3.63) is 0 Å². The van der Waals surface area contributed by atoms with Crippen molar-refractivity contribution in [3.8, 4) is 6.07 Å². The van der Waals surface area contributed by atoms with Crippen molar-refractivity contribution in [3.63, 3.8) is 0 Å². The fraction of sp³-hybridized carbons (Fsp3) is 0.750. The fourth-order valence-electron chi connectivity index (χ4n) is 0.845. The summed E-state index contributed by atoms with van der Waals surface area (Å²) in [6.45, 7) is 3.83. The largest absolute Gasteiger partial charge is 0.343 e. The lowest BCUT2D eigenvalue weighted by atomic mass is 10.2. The fourth-order valence-corrected chi connectivity index (χ4v) is 1.01. The molecule has 0 N–H and O–H groups in total. The first-order valence-electron chi connectivity index (χ1n) is 3.77. The van der Waals surface area contributed by atoms with E-state index in [2.05, 4.69) is 6.07 Å². The molecule has 0 bridgehead atoms. The molecule has 0 aromatic carbocycles. The minimum atomic E-state index is -0.513. The number of amides is 1. The molecule has 4 heteroatoms. The molecule has 0 aliphatic heterocycles. The van der Waals surface area contributed by atoms with Gasteiger partial charge in [-0.05, 0) is 13.8 Å². The van der Waals surface area contributed by atoms with Gasteiger partial charge in [-0.3, -0.25) is 4.79 Å². The number of hydrogen-bond donors (Lipinski definition) is 0. The van der Waals surface area contributed by atoms with Gasteiger partial charge < -0.3 is 4.90 Å². The van der Waals surface area contributed by atoms with Crippen LogP contribution in [0.1, 0.15) is 13.8 Å². The van der Waals surface area contributed by atoms with Crippen molar-refractivity contribution in [2.45, 2.75) is 19.2 Å². The second-order valence-electron chi connectivity index (χ2n) is 2.86. The molecule has 2 unspecified atom stereocenters. The molecule has 12 heavy (non-hydrogen) atoms. The van der Waals surface area contributed by atoms with E-state index in [0.29, 0.717) is 6.54 Å². The van der Waals surface area contributed by atoms with E-state index in [-0.39, 0.29) is 11.8 Å². The Labute approximate surface area is 77.9 Å². The van der Waals surface area contributed by atoms with Gasteiger partial charge in [0.2, 0.25) is 5.91 Å². The van der Waals surface area contributed by atoms with Crippen molar-refractivity contribution in [1.82, 2.24) is 4.90 Å². The Morgan fingerprint density at radius 2 is 2.17 bits per heavy atom. The van der Waals surface area contributed by atoms with Gasteiger partial charge in [0, 0.05) is 13.6 Å². The molecule has 0 heterocycles. The average Bonchev–Trinajstić information content (AvgIpc) is 2.02. The van der Waals surface area contributed by atoms with Crippen LogP contribution in [0.15, 0.2) is 0 Å². The smallest absolute Gasteiger partial charge is 0.240 e. The number of rotatable bonds is 3. The van der Waals surface area contributed by atoms with E-state index in [0.717, 1.165) is 0 Å². The van der Waals surface area contributed by atoms with Gasteiger partial charge in [-0.2, -0.15) is 5.26 Å². The summed E-state index contributed by atoms with van der Waals surface area (Å²) in [6.07, 6.45) is 0. The van der Waals surface area contributed by atoms with E-state index in [9.17, 15) is 4.79 Å². The molecule has 0 fully saturated rings. The zero-order chi connectivity index (χ0) is 9.72. The van der Waals surface area contributed by atoms with Crippen LogP contribution in [-0.2, 0) is 4.79 Å². The topological polar surface area (TPSA) is 44.1 Å². The van der Waals surface area contributed by atoms with Crippen LogP contribution < -0.4 is 0 Å². The van der Waals surface area contributed by atoms with Gasteiger partial charge in [-0.15, -0.1) is 11.6 Å². The first-order valence-corrected chi connectivity index (χ1v) is 4.21. The van der Waals surface area contributed by atoms with Crippen LogP contribution in [0.25, 0.3) is 0 Å². The summed E-state index contributed by atoms with van der Waals surface area (Å²) < 4.78 is 0. The van der Waals surface area contributed by atoms with Crippen LogP contribution in [0.4, 0.5) is 0 Å². The molecule has 0 radical (unpaired) electrons. The van der Waals surface area contributed by atoms with E-state index in [1.165, 1.54) is 4.90 Å². The van der Waals surface area contributed by atoms with Gasteiger partial charge in [-0.1, -0.05) is 0 Å². The van der Waals surface area contributed by atoms with Gasteiger partial charge in [-0.25, -0.2) is 0 Å².